The number of benzene rings is 1. The molecular weight excluding hydrogens is 446 g/mol. The number of amides is 2. The molecule has 1 aromatic rings. The van der Waals surface area contributed by atoms with Gasteiger partial charge in [0.15, 0.2) is 0 Å². The zero-order chi connectivity index (χ0) is 23.8. The number of halogens is 1. The summed E-state index contributed by atoms with van der Waals surface area (Å²) in [6.45, 7) is 6.87. The summed E-state index contributed by atoms with van der Waals surface area (Å²) in [5.74, 6) is -0.242. The first kappa shape index (κ1) is 23.8. The number of piperazine rings is 1. The number of nitrogens with one attached hydrogen (secondary N) is 1. The Labute approximate surface area is 199 Å². The number of ether oxygens (including phenoxy) is 2. The number of carbonyl (C=O) groups excluding carboxylic acids is 3. The minimum absolute atomic E-state index is 0.0153. The van der Waals surface area contributed by atoms with Crippen LogP contribution in [-0.4, -0.2) is 77.0 Å². The summed E-state index contributed by atoms with van der Waals surface area (Å²) >= 11 is 6.07. The van der Waals surface area contributed by atoms with Crippen LogP contribution in [0.5, 0.6) is 5.75 Å². The van der Waals surface area contributed by atoms with Gasteiger partial charge in [-0.25, -0.2) is 4.79 Å². The van der Waals surface area contributed by atoms with Crippen molar-refractivity contribution in [2.75, 3.05) is 26.2 Å². The Kier molecular flexibility index (Phi) is 6.60. The van der Waals surface area contributed by atoms with Gasteiger partial charge in [-0.1, -0.05) is 17.7 Å². The second-order valence-corrected chi connectivity index (χ2v) is 10.5. The van der Waals surface area contributed by atoms with Crippen LogP contribution in [0, 0.1) is 0 Å². The van der Waals surface area contributed by atoms with Crippen LogP contribution >= 0.6 is 11.6 Å². The first-order valence-electron chi connectivity index (χ1n) is 11.6. The lowest BCUT2D eigenvalue weighted by Crippen LogP contribution is -2.64. The maximum absolute atomic E-state index is 13.8. The molecule has 2 aliphatic heterocycles. The zero-order valence-corrected chi connectivity index (χ0v) is 20.2. The molecule has 0 bridgehead atoms. The topological polar surface area (TPSA) is 88.2 Å². The molecule has 0 unspecified atom stereocenters. The van der Waals surface area contributed by atoms with E-state index in [1.54, 1.807) is 34.1 Å². The zero-order valence-electron chi connectivity index (χ0n) is 19.4. The van der Waals surface area contributed by atoms with Crippen molar-refractivity contribution >= 4 is 29.4 Å². The summed E-state index contributed by atoms with van der Waals surface area (Å²) in [6, 6.07) is 5.45. The monoisotopic (exact) mass is 477 g/mol. The van der Waals surface area contributed by atoms with E-state index in [0.717, 1.165) is 12.8 Å². The predicted molar refractivity (Wildman–Crippen MR) is 123 cm³/mol. The van der Waals surface area contributed by atoms with E-state index in [0.29, 0.717) is 43.2 Å². The Morgan fingerprint density at radius 1 is 1.27 bits per heavy atom. The maximum atomic E-state index is 13.8. The maximum Gasteiger partial charge on any atom is 0.329 e. The molecule has 4 rings (SSSR count). The van der Waals surface area contributed by atoms with Gasteiger partial charge in [0.05, 0.1) is 5.54 Å². The lowest BCUT2D eigenvalue weighted by Gasteiger charge is -2.40. The molecule has 1 saturated carbocycles. The normalized spacial score (nSPS) is 22.9. The number of hydrogen-bond acceptors (Lipinski definition) is 6. The van der Waals surface area contributed by atoms with Gasteiger partial charge in [-0.3, -0.25) is 9.59 Å². The van der Waals surface area contributed by atoms with E-state index in [2.05, 4.69) is 5.32 Å². The summed E-state index contributed by atoms with van der Waals surface area (Å²) in [4.78, 5) is 43.1. The van der Waals surface area contributed by atoms with E-state index in [1.165, 1.54) is 0 Å². The molecule has 8 nitrogen and oxygen atoms in total. The van der Waals surface area contributed by atoms with Crippen molar-refractivity contribution in [1.82, 2.24) is 15.1 Å². The Morgan fingerprint density at radius 3 is 2.70 bits per heavy atom. The minimum Gasteiger partial charge on any atom is -0.491 e. The Balaban J connectivity index is 1.55. The first-order valence-corrected chi connectivity index (χ1v) is 12.0. The molecule has 1 aromatic carbocycles. The first-order chi connectivity index (χ1) is 15.6. The second kappa shape index (κ2) is 9.14. The van der Waals surface area contributed by atoms with Gasteiger partial charge in [0.1, 0.15) is 30.0 Å². The average Bonchev–Trinajstić information content (AvgIpc) is 3.33. The summed E-state index contributed by atoms with van der Waals surface area (Å²) in [7, 11) is 0. The molecule has 2 saturated heterocycles. The third kappa shape index (κ3) is 5.27. The summed E-state index contributed by atoms with van der Waals surface area (Å²) in [6.07, 6.45) is 2.78. The molecule has 0 aromatic heterocycles. The van der Waals surface area contributed by atoms with Gasteiger partial charge < -0.3 is 24.6 Å². The van der Waals surface area contributed by atoms with Crippen LogP contribution in [0.25, 0.3) is 0 Å². The highest BCUT2D eigenvalue weighted by Crippen LogP contribution is 2.39. The number of carbonyl (C=O) groups is 3. The van der Waals surface area contributed by atoms with E-state index < -0.39 is 29.2 Å². The van der Waals surface area contributed by atoms with Crippen LogP contribution < -0.4 is 10.1 Å². The quantitative estimate of drug-likeness (QED) is 0.633. The molecule has 0 radical (unpaired) electrons. The van der Waals surface area contributed by atoms with Gasteiger partial charge in [-0.2, -0.15) is 0 Å². The molecule has 2 atom stereocenters. The van der Waals surface area contributed by atoms with Crippen LogP contribution in [0.3, 0.4) is 0 Å². The third-order valence-corrected chi connectivity index (χ3v) is 6.55. The van der Waals surface area contributed by atoms with Crippen molar-refractivity contribution in [1.29, 1.82) is 0 Å². The Bertz CT molecular complexity index is 927. The van der Waals surface area contributed by atoms with Crippen LogP contribution in [-0.2, 0) is 19.1 Å². The second-order valence-electron chi connectivity index (χ2n) is 10.0. The van der Waals surface area contributed by atoms with Crippen molar-refractivity contribution in [2.24, 2.45) is 0 Å². The van der Waals surface area contributed by atoms with Crippen LogP contribution in [0.4, 0.5) is 0 Å². The number of nitrogens with zero attached hydrogens (tertiary/aromatic N) is 2. The number of hydrogen-bond donors (Lipinski definition) is 1. The average molecular weight is 478 g/mol. The third-order valence-electron chi connectivity index (χ3n) is 6.32. The van der Waals surface area contributed by atoms with E-state index in [9.17, 15) is 14.4 Å². The predicted octanol–water partition coefficient (Wildman–Crippen LogP) is 2.38. The highest BCUT2D eigenvalue weighted by molar-refractivity contribution is 6.30. The highest BCUT2D eigenvalue weighted by atomic mass is 35.5. The molecule has 3 aliphatic rings. The van der Waals surface area contributed by atoms with Crippen molar-refractivity contribution in [3.05, 3.63) is 29.3 Å². The molecule has 1 N–H and O–H groups in total. The van der Waals surface area contributed by atoms with E-state index in [4.69, 9.17) is 21.1 Å². The fraction of sp³-hybridized carbons (Fsp3) is 0.625. The highest BCUT2D eigenvalue weighted by Gasteiger charge is 2.55. The van der Waals surface area contributed by atoms with Gasteiger partial charge >= 0.3 is 5.97 Å². The van der Waals surface area contributed by atoms with Gasteiger partial charge in [0, 0.05) is 24.7 Å². The van der Waals surface area contributed by atoms with Crippen molar-refractivity contribution < 1.29 is 23.9 Å². The minimum atomic E-state index is -0.834. The smallest absolute Gasteiger partial charge is 0.329 e. The largest absolute Gasteiger partial charge is 0.491 e. The molecule has 2 amide bonds. The molecule has 33 heavy (non-hydrogen) atoms. The van der Waals surface area contributed by atoms with Crippen LogP contribution in [0.2, 0.25) is 5.02 Å². The SMILES string of the molecule is CC(C)(C)OC(=O)[C@@H]1CCCN1C(=O)[C@H](COc1cccc(Cl)c1)N1CCNC2(CC2)C1=O. The molecule has 1 aliphatic carbocycles. The van der Waals surface area contributed by atoms with Crippen molar-refractivity contribution in [3.63, 3.8) is 0 Å². The lowest BCUT2D eigenvalue weighted by molar-refractivity contribution is -0.165. The molecule has 3 fully saturated rings. The Morgan fingerprint density at radius 2 is 2.03 bits per heavy atom. The lowest BCUT2D eigenvalue weighted by atomic mass is 10.1. The number of rotatable bonds is 6. The molecule has 9 heteroatoms. The Hall–Kier alpha value is -2.32. The standard InChI is InChI=1S/C24H32ClN3O5/c1-23(2,3)33-21(30)18-8-5-12-27(18)20(29)19(15-32-17-7-4-6-16(25)14-17)28-13-11-26-24(9-10-24)22(28)31/h4,6-7,14,18-19,26H,5,8-13,15H2,1-3H3/t18-,19-/m0/s1. The fourth-order valence-corrected chi connectivity index (χ4v) is 4.72. The van der Waals surface area contributed by atoms with Gasteiger partial charge in [0.25, 0.3) is 0 Å². The number of esters is 1. The summed E-state index contributed by atoms with van der Waals surface area (Å²) in [5.41, 5.74) is -1.20. The van der Waals surface area contributed by atoms with Gasteiger partial charge in [-0.15, -0.1) is 0 Å². The van der Waals surface area contributed by atoms with Crippen molar-refractivity contribution in [3.8, 4) is 5.75 Å². The molecule has 2 heterocycles. The number of likely N-dealkylation sites (tertiary alicyclic amines) is 1. The van der Waals surface area contributed by atoms with Gasteiger partial charge in [0.2, 0.25) is 11.8 Å². The van der Waals surface area contributed by atoms with Gasteiger partial charge in [-0.05, 0) is 64.7 Å². The molecule has 1 spiro atoms. The van der Waals surface area contributed by atoms with Crippen LogP contribution in [0.15, 0.2) is 24.3 Å². The van der Waals surface area contributed by atoms with E-state index in [1.807, 2.05) is 20.8 Å². The fourth-order valence-electron chi connectivity index (χ4n) is 4.54. The van der Waals surface area contributed by atoms with E-state index >= 15 is 0 Å². The summed E-state index contributed by atoms with van der Waals surface area (Å²) in [5, 5.41) is 3.82. The van der Waals surface area contributed by atoms with E-state index in [-0.39, 0.29) is 18.4 Å². The summed E-state index contributed by atoms with van der Waals surface area (Å²) < 4.78 is 11.5. The molecule has 180 valence electrons. The van der Waals surface area contributed by atoms with Crippen molar-refractivity contribution in [2.45, 2.75) is 69.7 Å². The van der Waals surface area contributed by atoms with Crippen LogP contribution in [0.1, 0.15) is 46.5 Å². The molecular formula is C24H32ClN3O5.